The molecule has 0 fully saturated rings. The fourth-order valence-corrected chi connectivity index (χ4v) is 1.32. The average Bonchev–Trinajstić information content (AvgIpc) is 2.11. The van der Waals surface area contributed by atoms with Crippen LogP contribution < -0.4 is 0 Å². The lowest BCUT2D eigenvalue weighted by molar-refractivity contribution is 0.521. The van der Waals surface area contributed by atoms with Crippen LogP contribution in [0.3, 0.4) is 0 Å². The second-order valence-corrected chi connectivity index (χ2v) is 3.58. The number of nitrogens with zero attached hydrogens (tertiary/aromatic N) is 3. The Morgan fingerprint density at radius 2 is 2.08 bits per heavy atom. The minimum atomic E-state index is 0.718. The van der Waals surface area contributed by atoms with Gasteiger partial charge in [-0.05, 0) is 19.3 Å². The van der Waals surface area contributed by atoms with Crippen LogP contribution >= 0.6 is 0 Å². The van der Waals surface area contributed by atoms with Gasteiger partial charge in [0.05, 0.1) is 7.05 Å². The molecule has 0 aliphatic heterocycles. The highest BCUT2D eigenvalue weighted by atomic mass is 15.4. The Morgan fingerprint density at radius 1 is 1.38 bits per heavy atom. The van der Waals surface area contributed by atoms with E-state index in [0.717, 1.165) is 18.1 Å². The van der Waals surface area contributed by atoms with Gasteiger partial charge >= 0.3 is 0 Å². The number of unbranched alkanes of at least 4 members (excludes halogenated alkanes) is 1. The lowest BCUT2D eigenvalue weighted by Crippen LogP contribution is -2.01. The highest BCUT2D eigenvalue weighted by Crippen LogP contribution is 2.12. The van der Waals surface area contributed by atoms with Crippen LogP contribution in [0.15, 0.2) is 15.4 Å². The van der Waals surface area contributed by atoms with Crippen molar-refractivity contribution >= 4 is 5.71 Å². The zero-order valence-electron chi connectivity index (χ0n) is 9.25. The first kappa shape index (κ1) is 12.3. The molecule has 3 nitrogen and oxygen atoms in total. The first-order valence-electron chi connectivity index (χ1n) is 5.03. The van der Waals surface area contributed by atoms with Gasteiger partial charge in [0.2, 0.25) is 0 Å². The molecule has 0 bridgehead atoms. The smallest absolute Gasteiger partial charge is 0.0509 e. The molecule has 0 aromatic heterocycles. The van der Waals surface area contributed by atoms with Crippen molar-refractivity contribution < 1.29 is 0 Å². The van der Waals surface area contributed by atoms with Crippen molar-refractivity contribution in [2.75, 3.05) is 7.05 Å². The van der Waals surface area contributed by atoms with Gasteiger partial charge in [0, 0.05) is 5.71 Å². The largest absolute Gasteiger partial charge is 0.172 e. The third kappa shape index (κ3) is 7.62. The maximum Gasteiger partial charge on any atom is 0.0509 e. The second kappa shape index (κ2) is 7.90. The molecular formula is C10H21N3. The van der Waals surface area contributed by atoms with E-state index in [0.29, 0.717) is 0 Å². The molecule has 1 atom stereocenters. The van der Waals surface area contributed by atoms with Gasteiger partial charge in [0.25, 0.3) is 0 Å². The van der Waals surface area contributed by atoms with Crippen LogP contribution in [0.4, 0.5) is 0 Å². The van der Waals surface area contributed by atoms with Gasteiger partial charge in [-0.3, -0.25) is 0 Å². The monoisotopic (exact) mass is 183 g/mol. The van der Waals surface area contributed by atoms with Gasteiger partial charge in [-0.25, -0.2) is 0 Å². The van der Waals surface area contributed by atoms with E-state index in [-0.39, 0.29) is 0 Å². The summed E-state index contributed by atoms with van der Waals surface area (Å²) in [4.78, 5) is 0. The van der Waals surface area contributed by atoms with Gasteiger partial charge in [-0.15, -0.1) is 5.10 Å². The number of hydrogen-bond donors (Lipinski definition) is 0. The van der Waals surface area contributed by atoms with Crippen molar-refractivity contribution in [3.8, 4) is 0 Å². The molecule has 0 rings (SSSR count). The van der Waals surface area contributed by atoms with E-state index in [1.807, 2.05) is 6.92 Å². The van der Waals surface area contributed by atoms with Crippen LogP contribution in [0.2, 0.25) is 0 Å². The molecule has 0 saturated carbocycles. The molecule has 0 radical (unpaired) electrons. The molecule has 0 amide bonds. The van der Waals surface area contributed by atoms with E-state index >= 15 is 0 Å². The summed E-state index contributed by atoms with van der Waals surface area (Å²) in [6.45, 7) is 6.49. The third-order valence-corrected chi connectivity index (χ3v) is 2.00. The fourth-order valence-electron chi connectivity index (χ4n) is 1.32. The Labute approximate surface area is 81.3 Å². The molecular weight excluding hydrogens is 162 g/mol. The minimum Gasteiger partial charge on any atom is -0.172 e. The Morgan fingerprint density at radius 3 is 2.62 bits per heavy atom. The number of hydrogen-bond acceptors (Lipinski definition) is 2. The molecule has 3 heteroatoms. The van der Waals surface area contributed by atoms with Crippen LogP contribution in [0.25, 0.3) is 0 Å². The summed E-state index contributed by atoms with van der Waals surface area (Å²) in [7, 11) is 1.64. The lowest BCUT2D eigenvalue weighted by atomic mass is 9.99. The first-order chi connectivity index (χ1) is 6.20. The topological polar surface area (TPSA) is 37.1 Å². The summed E-state index contributed by atoms with van der Waals surface area (Å²) in [5.41, 5.74) is 1.08. The number of rotatable bonds is 6. The Hall–Kier alpha value is -0.730. The van der Waals surface area contributed by atoms with E-state index in [1.54, 1.807) is 7.05 Å². The molecule has 0 aromatic carbocycles. The highest BCUT2D eigenvalue weighted by molar-refractivity contribution is 5.81. The predicted molar refractivity (Wildman–Crippen MR) is 57.2 cm³/mol. The Balaban J connectivity index is 3.70. The van der Waals surface area contributed by atoms with Crippen molar-refractivity contribution in [2.45, 2.75) is 46.5 Å². The predicted octanol–water partition coefficient (Wildman–Crippen LogP) is 3.66. The summed E-state index contributed by atoms with van der Waals surface area (Å²) in [5.74, 6) is 0.718. The summed E-state index contributed by atoms with van der Waals surface area (Å²) in [6.07, 6.45) is 4.91. The summed E-state index contributed by atoms with van der Waals surface area (Å²) in [5, 5.41) is 11.2. The zero-order valence-corrected chi connectivity index (χ0v) is 9.25. The SMILES string of the molecule is CCCCC(C)C/C(C)=N\N=NC. The van der Waals surface area contributed by atoms with E-state index in [4.69, 9.17) is 0 Å². The van der Waals surface area contributed by atoms with E-state index in [9.17, 15) is 0 Å². The van der Waals surface area contributed by atoms with Crippen LogP contribution in [0, 0.1) is 5.92 Å². The second-order valence-electron chi connectivity index (χ2n) is 3.58. The van der Waals surface area contributed by atoms with Gasteiger partial charge < -0.3 is 0 Å². The summed E-state index contributed by atoms with van der Waals surface area (Å²) < 4.78 is 0. The van der Waals surface area contributed by atoms with Crippen molar-refractivity contribution in [2.24, 2.45) is 21.4 Å². The Kier molecular flexibility index (Phi) is 7.45. The van der Waals surface area contributed by atoms with Gasteiger partial charge in [0.1, 0.15) is 0 Å². The van der Waals surface area contributed by atoms with E-state index in [2.05, 4.69) is 29.3 Å². The molecule has 13 heavy (non-hydrogen) atoms. The molecule has 0 N–H and O–H groups in total. The maximum absolute atomic E-state index is 3.97. The average molecular weight is 183 g/mol. The molecule has 0 aromatic rings. The van der Waals surface area contributed by atoms with Crippen molar-refractivity contribution in [1.29, 1.82) is 0 Å². The van der Waals surface area contributed by atoms with Gasteiger partial charge in [0.15, 0.2) is 0 Å². The van der Waals surface area contributed by atoms with Crippen molar-refractivity contribution in [3.63, 3.8) is 0 Å². The zero-order chi connectivity index (χ0) is 10.1. The molecule has 0 aliphatic rings. The van der Waals surface area contributed by atoms with E-state index < -0.39 is 0 Å². The molecule has 1 unspecified atom stereocenters. The normalized spacial score (nSPS) is 15.2. The van der Waals surface area contributed by atoms with Crippen LogP contribution in [-0.2, 0) is 0 Å². The van der Waals surface area contributed by atoms with Crippen LogP contribution in [-0.4, -0.2) is 12.8 Å². The highest BCUT2D eigenvalue weighted by Gasteiger charge is 2.02. The molecule has 0 spiro atoms. The summed E-state index contributed by atoms with van der Waals surface area (Å²) in [6, 6.07) is 0. The Bertz CT molecular complexity index is 173. The van der Waals surface area contributed by atoms with Crippen molar-refractivity contribution in [1.82, 2.24) is 0 Å². The fraction of sp³-hybridized carbons (Fsp3) is 0.900. The summed E-state index contributed by atoms with van der Waals surface area (Å²) >= 11 is 0. The lowest BCUT2D eigenvalue weighted by Gasteiger charge is -2.08. The maximum atomic E-state index is 3.97. The quantitative estimate of drug-likeness (QED) is 0.342. The van der Waals surface area contributed by atoms with Crippen molar-refractivity contribution in [3.05, 3.63) is 0 Å². The molecule has 0 aliphatic carbocycles. The first-order valence-corrected chi connectivity index (χ1v) is 5.03. The minimum absolute atomic E-state index is 0.718. The van der Waals surface area contributed by atoms with Crippen LogP contribution in [0.1, 0.15) is 46.5 Å². The van der Waals surface area contributed by atoms with E-state index in [1.165, 1.54) is 19.3 Å². The standard InChI is InChI=1S/C10H21N3/c1-5-6-7-9(2)8-10(3)12-13-11-4/h9H,5-8H2,1-4H3/b12-10-,13-11?. The van der Waals surface area contributed by atoms with Gasteiger partial charge in [-0.1, -0.05) is 38.3 Å². The molecule has 0 saturated heterocycles. The third-order valence-electron chi connectivity index (χ3n) is 2.00. The van der Waals surface area contributed by atoms with Crippen LogP contribution in [0.5, 0.6) is 0 Å². The van der Waals surface area contributed by atoms with Gasteiger partial charge in [-0.2, -0.15) is 5.11 Å². The molecule has 76 valence electrons. The molecule has 0 heterocycles.